The molecule has 0 radical (unpaired) electrons. The number of halogens is 1. The van der Waals surface area contributed by atoms with Gasteiger partial charge in [0.15, 0.2) is 0 Å². The lowest BCUT2D eigenvalue weighted by Crippen LogP contribution is -2.36. The van der Waals surface area contributed by atoms with Gasteiger partial charge in [-0.1, -0.05) is 11.6 Å². The maximum absolute atomic E-state index is 11.8. The second-order valence-corrected chi connectivity index (χ2v) is 5.51. The van der Waals surface area contributed by atoms with Crippen LogP contribution >= 0.6 is 11.6 Å². The molecule has 0 aromatic heterocycles. The van der Waals surface area contributed by atoms with Gasteiger partial charge in [0.2, 0.25) is 11.8 Å². The van der Waals surface area contributed by atoms with Crippen LogP contribution in [0.5, 0.6) is 0 Å². The van der Waals surface area contributed by atoms with E-state index in [-0.39, 0.29) is 24.3 Å². The Morgan fingerprint density at radius 2 is 2.00 bits per heavy atom. The third kappa shape index (κ3) is 4.85. The number of carbonyl (C=O) groups excluding carboxylic acids is 2. The number of anilines is 1. The largest absolute Gasteiger partial charge is 0.354 e. The van der Waals surface area contributed by atoms with Gasteiger partial charge < -0.3 is 10.2 Å². The van der Waals surface area contributed by atoms with Gasteiger partial charge in [-0.25, -0.2) is 0 Å². The lowest BCUT2D eigenvalue weighted by atomic mass is 10.1. The average molecular weight is 297 g/mol. The van der Waals surface area contributed by atoms with Gasteiger partial charge in [-0.2, -0.15) is 0 Å². The van der Waals surface area contributed by atoms with Crippen LogP contribution in [0.15, 0.2) is 18.2 Å². The van der Waals surface area contributed by atoms with Gasteiger partial charge in [0.25, 0.3) is 0 Å². The maximum atomic E-state index is 11.8. The summed E-state index contributed by atoms with van der Waals surface area (Å²) in [5.41, 5.74) is 1.70. The molecule has 4 nitrogen and oxygen atoms in total. The molecule has 1 rings (SSSR count). The van der Waals surface area contributed by atoms with E-state index in [1.165, 1.54) is 6.92 Å². The van der Waals surface area contributed by atoms with E-state index < -0.39 is 0 Å². The molecule has 0 aliphatic carbocycles. The second-order valence-electron chi connectivity index (χ2n) is 5.07. The number of nitrogens with one attached hydrogen (secondary N) is 1. The van der Waals surface area contributed by atoms with Crippen molar-refractivity contribution in [3.8, 4) is 0 Å². The van der Waals surface area contributed by atoms with Crippen molar-refractivity contribution in [2.24, 2.45) is 0 Å². The van der Waals surface area contributed by atoms with E-state index in [1.807, 2.05) is 20.8 Å². The van der Waals surface area contributed by atoms with Gasteiger partial charge in [0, 0.05) is 36.6 Å². The highest BCUT2D eigenvalue weighted by Crippen LogP contribution is 2.24. The van der Waals surface area contributed by atoms with E-state index in [1.54, 1.807) is 23.1 Å². The SMILES string of the molecule is CC(=O)N(CCC(=O)NC(C)C)c1ccc(Cl)cc1C. The fraction of sp³-hybridized carbons (Fsp3) is 0.467. The van der Waals surface area contributed by atoms with E-state index in [0.717, 1.165) is 11.3 Å². The summed E-state index contributed by atoms with van der Waals surface area (Å²) in [6.45, 7) is 7.56. The van der Waals surface area contributed by atoms with Crippen molar-refractivity contribution < 1.29 is 9.59 Å². The first-order valence-electron chi connectivity index (χ1n) is 6.65. The Balaban J connectivity index is 2.80. The minimum atomic E-state index is -0.0900. The molecule has 0 unspecified atom stereocenters. The molecule has 0 heterocycles. The molecule has 0 aliphatic rings. The molecule has 0 saturated heterocycles. The van der Waals surface area contributed by atoms with Crippen molar-refractivity contribution in [2.45, 2.75) is 40.2 Å². The van der Waals surface area contributed by atoms with Crippen molar-refractivity contribution in [3.63, 3.8) is 0 Å². The molecule has 0 aliphatic heterocycles. The van der Waals surface area contributed by atoms with Crippen LogP contribution < -0.4 is 10.2 Å². The van der Waals surface area contributed by atoms with Gasteiger partial charge in [0.05, 0.1) is 0 Å². The Bertz CT molecular complexity index is 501. The molecule has 1 N–H and O–H groups in total. The molecular formula is C15H21ClN2O2. The zero-order valence-electron chi connectivity index (χ0n) is 12.4. The summed E-state index contributed by atoms with van der Waals surface area (Å²) in [4.78, 5) is 25.1. The fourth-order valence-corrected chi connectivity index (χ4v) is 2.20. The summed E-state index contributed by atoms with van der Waals surface area (Å²) < 4.78 is 0. The Morgan fingerprint density at radius 3 is 2.50 bits per heavy atom. The summed E-state index contributed by atoms with van der Waals surface area (Å²) in [6, 6.07) is 5.46. The monoisotopic (exact) mass is 296 g/mol. The molecule has 0 bridgehead atoms. The van der Waals surface area contributed by atoms with Gasteiger partial charge in [0.1, 0.15) is 0 Å². The number of nitrogens with zero attached hydrogens (tertiary/aromatic N) is 1. The van der Waals surface area contributed by atoms with Crippen LogP contribution in [-0.4, -0.2) is 24.4 Å². The van der Waals surface area contributed by atoms with E-state index in [0.29, 0.717) is 11.6 Å². The summed E-state index contributed by atoms with van der Waals surface area (Å²) in [5, 5.41) is 3.45. The molecule has 20 heavy (non-hydrogen) atoms. The standard InChI is InChI=1S/C15H21ClN2O2/c1-10(2)17-15(20)7-8-18(12(4)19)14-6-5-13(16)9-11(14)3/h5-6,9-10H,7-8H2,1-4H3,(H,17,20). The number of hydrogen-bond acceptors (Lipinski definition) is 2. The second kappa shape index (κ2) is 7.29. The molecule has 2 amide bonds. The highest BCUT2D eigenvalue weighted by atomic mass is 35.5. The zero-order valence-corrected chi connectivity index (χ0v) is 13.1. The van der Waals surface area contributed by atoms with E-state index >= 15 is 0 Å². The minimum Gasteiger partial charge on any atom is -0.354 e. The quantitative estimate of drug-likeness (QED) is 0.908. The number of rotatable bonds is 5. The number of amides is 2. The van der Waals surface area contributed by atoms with Crippen LogP contribution in [0.1, 0.15) is 32.8 Å². The Hall–Kier alpha value is -1.55. The predicted molar refractivity (Wildman–Crippen MR) is 82.1 cm³/mol. The predicted octanol–water partition coefficient (Wildman–Crippen LogP) is 2.92. The third-order valence-electron chi connectivity index (χ3n) is 2.84. The van der Waals surface area contributed by atoms with Crippen LogP contribution in [0.3, 0.4) is 0 Å². The van der Waals surface area contributed by atoms with Gasteiger partial charge in [-0.3, -0.25) is 9.59 Å². The fourth-order valence-electron chi connectivity index (χ4n) is 1.98. The van der Waals surface area contributed by atoms with E-state index in [4.69, 9.17) is 11.6 Å². The topological polar surface area (TPSA) is 49.4 Å². The first-order chi connectivity index (χ1) is 9.31. The molecule has 5 heteroatoms. The Kier molecular flexibility index (Phi) is 6.02. The van der Waals surface area contributed by atoms with Crippen molar-refractivity contribution in [1.82, 2.24) is 5.32 Å². The minimum absolute atomic E-state index is 0.0575. The highest BCUT2D eigenvalue weighted by Gasteiger charge is 2.15. The molecular weight excluding hydrogens is 276 g/mol. The molecule has 0 saturated carbocycles. The third-order valence-corrected chi connectivity index (χ3v) is 3.08. The maximum Gasteiger partial charge on any atom is 0.223 e. The smallest absolute Gasteiger partial charge is 0.223 e. The van der Waals surface area contributed by atoms with Crippen LogP contribution in [0.25, 0.3) is 0 Å². The van der Waals surface area contributed by atoms with Crippen LogP contribution in [0, 0.1) is 6.92 Å². The average Bonchev–Trinajstić information content (AvgIpc) is 2.30. The van der Waals surface area contributed by atoms with Gasteiger partial charge >= 0.3 is 0 Å². The van der Waals surface area contributed by atoms with Crippen LogP contribution in [0.4, 0.5) is 5.69 Å². The van der Waals surface area contributed by atoms with Gasteiger partial charge in [-0.05, 0) is 44.5 Å². The zero-order chi connectivity index (χ0) is 15.3. The molecule has 1 aromatic rings. The van der Waals surface area contributed by atoms with Crippen LogP contribution in [-0.2, 0) is 9.59 Å². The Labute approximate surface area is 125 Å². The summed E-state index contributed by atoms with van der Waals surface area (Å²) in [5.74, 6) is -0.148. The molecule has 0 fully saturated rings. The van der Waals surface area contributed by atoms with Crippen molar-refractivity contribution in [1.29, 1.82) is 0 Å². The number of benzene rings is 1. The lowest BCUT2D eigenvalue weighted by molar-refractivity contribution is -0.121. The summed E-state index contributed by atoms with van der Waals surface area (Å²) in [6.07, 6.45) is 0.278. The molecule has 0 atom stereocenters. The number of aryl methyl sites for hydroxylation is 1. The van der Waals surface area contributed by atoms with Crippen molar-refractivity contribution >= 4 is 29.1 Å². The number of carbonyl (C=O) groups is 2. The van der Waals surface area contributed by atoms with Crippen LogP contribution in [0.2, 0.25) is 5.02 Å². The van der Waals surface area contributed by atoms with E-state index in [2.05, 4.69) is 5.32 Å². The summed E-state index contributed by atoms with van der Waals surface area (Å²) >= 11 is 5.92. The normalized spacial score (nSPS) is 10.5. The molecule has 1 aromatic carbocycles. The first-order valence-corrected chi connectivity index (χ1v) is 7.02. The Morgan fingerprint density at radius 1 is 1.35 bits per heavy atom. The van der Waals surface area contributed by atoms with Gasteiger partial charge in [-0.15, -0.1) is 0 Å². The lowest BCUT2D eigenvalue weighted by Gasteiger charge is -2.23. The van der Waals surface area contributed by atoms with E-state index in [9.17, 15) is 9.59 Å². The number of hydrogen-bond donors (Lipinski definition) is 1. The molecule has 110 valence electrons. The first kappa shape index (κ1) is 16.5. The highest BCUT2D eigenvalue weighted by molar-refractivity contribution is 6.30. The van der Waals surface area contributed by atoms with Crippen molar-refractivity contribution in [2.75, 3.05) is 11.4 Å². The summed E-state index contributed by atoms with van der Waals surface area (Å²) in [7, 11) is 0. The van der Waals surface area contributed by atoms with Crippen molar-refractivity contribution in [3.05, 3.63) is 28.8 Å². The molecule has 0 spiro atoms.